The number of aliphatic hydroxyl groups excluding tert-OH is 1. The number of nitrogens with zero attached hydrogens (tertiary/aromatic N) is 1. The number of hydrogen-bond donors (Lipinski definition) is 4. The minimum atomic E-state index is -1.26. The number of likely N-dealkylation sites (tertiary alicyclic amines) is 1. The highest BCUT2D eigenvalue weighted by Gasteiger charge is 2.56. The zero-order valence-corrected chi connectivity index (χ0v) is 17.8. The summed E-state index contributed by atoms with van der Waals surface area (Å²) in [5, 5.41) is 30.4. The van der Waals surface area contributed by atoms with Crippen LogP contribution in [0, 0.1) is 16.7 Å². The van der Waals surface area contributed by atoms with Gasteiger partial charge in [0, 0.05) is 55.7 Å². The molecule has 0 radical (unpaired) electrons. The smallest absolute Gasteiger partial charge is 0.328 e. The monoisotopic (exact) mass is 398 g/mol. The van der Waals surface area contributed by atoms with E-state index >= 15 is 0 Å². The van der Waals surface area contributed by atoms with Gasteiger partial charge < -0.3 is 25.5 Å². The van der Waals surface area contributed by atoms with Crippen LogP contribution >= 0.6 is 0 Å². The second kappa shape index (κ2) is 10.9. The predicted octanol–water partition coefficient (Wildman–Crippen LogP) is 2.21. The molecule has 0 amide bonds. The molecular formula is C21H38N2O5. The van der Waals surface area contributed by atoms with Crippen LogP contribution in [0.3, 0.4) is 0 Å². The van der Waals surface area contributed by atoms with E-state index in [9.17, 15) is 14.7 Å². The van der Waals surface area contributed by atoms with Crippen molar-refractivity contribution in [2.75, 3.05) is 32.7 Å². The SMILES string of the molecule is CCC[C@]12CNC[C@](CCC)(CN(CC(C)C)C1)C2O.O=C(O)/C=C/C(=O)O. The van der Waals surface area contributed by atoms with Crippen molar-refractivity contribution in [1.82, 2.24) is 10.2 Å². The normalized spacial score (nSPS) is 30.1. The molecule has 2 aliphatic heterocycles. The van der Waals surface area contributed by atoms with E-state index in [1.165, 1.54) is 6.54 Å². The number of carboxylic acids is 2. The zero-order chi connectivity index (χ0) is 21.4. The van der Waals surface area contributed by atoms with Gasteiger partial charge in [-0.3, -0.25) is 0 Å². The molecule has 4 N–H and O–H groups in total. The fourth-order valence-electron chi connectivity index (χ4n) is 5.03. The summed E-state index contributed by atoms with van der Waals surface area (Å²) in [6, 6.07) is 0. The molecule has 0 saturated carbocycles. The number of piperidine rings is 2. The van der Waals surface area contributed by atoms with Crippen molar-refractivity contribution in [3.63, 3.8) is 0 Å². The Morgan fingerprint density at radius 1 is 1.04 bits per heavy atom. The van der Waals surface area contributed by atoms with Gasteiger partial charge in [-0.25, -0.2) is 9.59 Å². The van der Waals surface area contributed by atoms with E-state index in [4.69, 9.17) is 10.2 Å². The standard InChI is InChI=1S/C17H34N2O.C4H4O4/c1-5-7-16-10-18-11-17(8-6-2,15(16)20)13-19(12-16)9-14(3)4;5-3(6)1-2-4(7)8/h14-15,18,20H,5-13H2,1-4H3;1-2H,(H,5,6)(H,7,8)/b;2-1+/t15?,16-,17+;. The van der Waals surface area contributed by atoms with Crippen molar-refractivity contribution in [3.05, 3.63) is 12.2 Å². The number of hydrogen-bond acceptors (Lipinski definition) is 5. The summed E-state index contributed by atoms with van der Waals surface area (Å²) in [5.74, 6) is -1.81. The Labute approximate surface area is 168 Å². The Hall–Kier alpha value is -1.44. The fourth-order valence-corrected chi connectivity index (χ4v) is 5.03. The first kappa shape index (κ1) is 24.6. The van der Waals surface area contributed by atoms with Gasteiger partial charge in [0.05, 0.1) is 6.10 Å². The van der Waals surface area contributed by atoms with Crippen LogP contribution in [0.15, 0.2) is 12.2 Å². The highest BCUT2D eigenvalue weighted by Crippen LogP contribution is 2.48. The summed E-state index contributed by atoms with van der Waals surface area (Å²) in [7, 11) is 0. The third-order valence-electron chi connectivity index (χ3n) is 5.68. The van der Waals surface area contributed by atoms with Crippen LogP contribution < -0.4 is 5.32 Å². The lowest BCUT2D eigenvalue weighted by atomic mass is 9.59. The first-order valence-electron chi connectivity index (χ1n) is 10.4. The van der Waals surface area contributed by atoms with E-state index in [1.807, 2.05) is 0 Å². The van der Waals surface area contributed by atoms with Crippen molar-refractivity contribution < 1.29 is 24.9 Å². The molecular weight excluding hydrogens is 360 g/mol. The molecule has 0 aromatic heterocycles. The Morgan fingerprint density at radius 3 is 1.79 bits per heavy atom. The van der Waals surface area contributed by atoms with Crippen LogP contribution in [0.5, 0.6) is 0 Å². The highest BCUT2D eigenvalue weighted by atomic mass is 16.4. The lowest BCUT2D eigenvalue weighted by Crippen LogP contribution is -2.71. The van der Waals surface area contributed by atoms with Crippen LogP contribution in [0.1, 0.15) is 53.4 Å². The molecule has 2 aliphatic rings. The molecule has 7 nitrogen and oxygen atoms in total. The van der Waals surface area contributed by atoms with Crippen molar-refractivity contribution in [1.29, 1.82) is 0 Å². The van der Waals surface area contributed by atoms with Crippen LogP contribution in [-0.2, 0) is 9.59 Å². The second-order valence-corrected chi connectivity index (χ2v) is 8.80. The number of nitrogens with one attached hydrogen (secondary N) is 1. The number of aliphatic hydroxyl groups is 1. The Kier molecular flexibility index (Phi) is 9.60. The van der Waals surface area contributed by atoms with Gasteiger partial charge in [-0.1, -0.05) is 40.5 Å². The van der Waals surface area contributed by atoms with Gasteiger partial charge in [-0.05, 0) is 18.8 Å². The number of aliphatic carboxylic acids is 2. The molecule has 2 heterocycles. The van der Waals surface area contributed by atoms with Crippen LogP contribution in [0.4, 0.5) is 0 Å². The Balaban J connectivity index is 0.000000416. The van der Waals surface area contributed by atoms with Crippen LogP contribution in [-0.4, -0.2) is 71.0 Å². The molecule has 1 unspecified atom stereocenters. The van der Waals surface area contributed by atoms with Gasteiger partial charge in [-0.2, -0.15) is 0 Å². The quantitative estimate of drug-likeness (QED) is 0.464. The van der Waals surface area contributed by atoms with Crippen LogP contribution in [0.2, 0.25) is 0 Å². The summed E-state index contributed by atoms with van der Waals surface area (Å²) in [5.41, 5.74) is 0.157. The molecule has 2 rings (SSSR count). The van der Waals surface area contributed by atoms with Gasteiger partial charge in [0.1, 0.15) is 0 Å². The van der Waals surface area contributed by atoms with Gasteiger partial charge >= 0.3 is 11.9 Å². The maximum absolute atomic E-state index is 11.1. The molecule has 0 aromatic carbocycles. The Morgan fingerprint density at radius 2 is 1.46 bits per heavy atom. The van der Waals surface area contributed by atoms with Crippen molar-refractivity contribution in [3.8, 4) is 0 Å². The van der Waals surface area contributed by atoms with Gasteiger partial charge in [0.2, 0.25) is 0 Å². The van der Waals surface area contributed by atoms with E-state index in [1.54, 1.807) is 0 Å². The summed E-state index contributed by atoms with van der Waals surface area (Å²) in [6.07, 6.45) is 5.60. The van der Waals surface area contributed by atoms with E-state index < -0.39 is 11.9 Å². The molecule has 0 aliphatic carbocycles. The minimum absolute atomic E-state index is 0.0787. The largest absolute Gasteiger partial charge is 0.478 e. The van der Waals surface area contributed by atoms with Crippen molar-refractivity contribution in [2.45, 2.75) is 59.5 Å². The molecule has 3 atom stereocenters. The number of carbonyl (C=O) groups is 2. The average molecular weight is 399 g/mol. The highest BCUT2D eigenvalue weighted by molar-refractivity contribution is 5.89. The minimum Gasteiger partial charge on any atom is -0.478 e. The topological polar surface area (TPSA) is 110 Å². The van der Waals surface area contributed by atoms with Crippen molar-refractivity contribution in [2.24, 2.45) is 16.7 Å². The molecule has 162 valence electrons. The van der Waals surface area contributed by atoms with Gasteiger partial charge in [0.25, 0.3) is 0 Å². The third-order valence-corrected chi connectivity index (χ3v) is 5.68. The van der Waals surface area contributed by atoms with E-state index in [0.717, 1.165) is 51.9 Å². The van der Waals surface area contributed by atoms with Gasteiger partial charge in [0.15, 0.2) is 0 Å². The molecule has 0 aromatic rings. The number of fused-ring (bicyclic) bond motifs is 2. The van der Waals surface area contributed by atoms with Crippen LogP contribution in [0.25, 0.3) is 0 Å². The van der Waals surface area contributed by atoms with E-state index in [-0.39, 0.29) is 16.9 Å². The predicted molar refractivity (Wildman–Crippen MR) is 109 cm³/mol. The third kappa shape index (κ3) is 6.57. The summed E-state index contributed by atoms with van der Waals surface area (Å²) < 4.78 is 0. The lowest BCUT2D eigenvalue weighted by molar-refractivity contribution is -0.164. The molecule has 7 heteroatoms. The second-order valence-electron chi connectivity index (χ2n) is 8.80. The maximum Gasteiger partial charge on any atom is 0.328 e. The maximum atomic E-state index is 11.1. The average Bonchev–Trinajstić information content (AvgIpc) is 2.56. The summed E-state index contributed by atoms with van der Waals surface area (Å²) in [6.45, 7) is 14.4. The van der Waals surface area contributed by atoms with Crippen molar-refractivity contribution >= 4 is 11.9 Å². The van der Waals surface area contributed by atoms with E-state index in [2.05, 4.69) is 37.9 Å². The number of rotatable bonds is 8. The zero-order valence-electron chi connectivity index (χ0n) is 17.8. The van der Waals surface area contributed by atoms with Gasteiger partial charge in [-0.15, -0.1) is 0 Å². The summed E-state index contributed by atoms with van der Waals surface area (Å²) >= 11 is 0. The molecule has 2 bridgehead atoms. The lowest BCUT2D eigenvalue weighted by Gasteiger charge is -2.60. The molecule has 2 saturated heterocycles. The molecule has 28 heavy (non-hydrogen) atoms. The van der Waals surface area contributed by atoms with E-state index in [0.29, 0.717) is 18.1 Å². The first-order chi connectivity index (χ1) is 13.1. The summed E-state index contributed by atoms with van der Waals surface area (Å²) in [4.78, 5) is 21.7. The fraction of sp³-hybridized carbons (Fsp3) is 0.810. The first-order valence-corrected chi connectivity index (χ1v) is 10.4. The molecule has 0 spiro atoms. The molecule has 2 fully saturated rings. The Bertz CT molecular complexity index is 503. The number of carboxylic acid groups (broad SMARTS) is 2.